The van der Waals surface area contributed by atoms with Crippen molar-refractivity contribution in [3.8, 4) is 0 Å². The molecule has 0 aromatic heterocycles. The zero-order valence-corrected chi connectivity index (χ0v) is 15.7. The van der Waals surface area contributed by atoms with Gasteiger partial charge in [0.15, 0.2) is 4.32 Å². The molecule has 25 heavy (non-hydrogen) atoms. The molecule has 0 unspecified atom stereocenters. The van der Waals surface area contributed by atoms with E-state index in [1.807, 2.05) is 0 Å². The van der Waals surface area contributed by atoms with Gasteiger partial charge in [0.05, 0.1) is 15.0 Å². The van der Waals surface area contributed by atoms with Crippen molar-refractivity contribution in [1.82, 2.24) is 10.4 Å². The van der Waals surface area contributed by atoms with Gasteiger partial charge in [-0.2, -0.15) is 5.01 Å². The summed E-state index contributed by atoms with van der Waals surface area (Å²) in [5, 5.41) is 1.80. The fourth-order valence-electron chi connectivity index (χ4n) is 2.09. The third-order valence-corrected chi connectivity index (χ3v) is 5.45. The molecule has 1 saturated heterocycles. The zero-order chi connectivity index (χ0) is 18.0. The summed E-state index contributed by atoms with van der Waals surface area (Å²) < 4.78 is 0.235. The monoisotopic (exact) mass is 408 g/mol. The lowest BCUT2D eigenvalue weighted by Gasteiger charge is -2.15. The van der Waals surface area contributed by atoms with Crippen LogP contribution in [0.2, 0.25) is 10.0 Å². The number of nitrogens with one attached hydrogen (secondary N) is 1. The van der Waals surface area contributed by atoms with E-state index in [-0.39, 0.29) is 4.32 Å². The Labute approximate surface area is 163 Å². The van der Waals surface area contributed by atoms with Crippen LogP contribution in [0.4, 0.5) is 0 Å². The predicted octanol–water partition coefficient (Wildman–Crippen LogP) is 4.54. The molecule has 0 aliphatic carbocycles. The summed E-state index contributed by atoms with van der Waals surface area (Å²) >= 11 is 18.4. The summed E-state index contributed by atoms with van der Waals surface area (Å²) in [4.78, 5) is 25.1. The maximum Gasteiger partial charge on any atom is 0.285 e. The third-order valence-electron chi connectivity index (χ3n) is 3.31. The molecule has 2 aromatic rings. The van der Waals surface area contributed by atoms with E-state index in [0.29, 0.717) is 26.1 Å². The fourth-order valence-corrected chi connectivity index (χ4v) is 3.63. The van der Waals surface area contributed by atoms with Crippen molar-refractivity contribution in [3.63, 3.8) is 0 Å². The van der Waals surface area contributed by atoms with Crippen molar-refractivity contribution in [2.45, 2.75) is 0 Å². The van der Waals surface area contributed by atoms with E-state index < -0.39 is 11.8 Å². The molecule has 1 fully saturated rings. The molecule has 8 heteroatoms. The highest BCUT2D eigenvalue weighted by molar-refractivity contribution is 8.26. The number of hydrazine groups is 1. The Morgan fingerprint density at radius 2 is 1.84 bits per heavy atom. The Bertz CT molecular complexity index is 901. The smallest absolute Gasteiger partial charge is 0.267 e. The second kappa shape index (κ2) is 7.58. The van der Waals surface area contributed by atoms with Crippen molar-refractivity contribution in [1.29, 1.82) is 0 Å². The summed E-state index contributed by atoms with van der Waals surface area (Å²) in [7, 11) is 0. The molecule has 2 aromatic carbocycles. The number of hydrogen-bond acceptors (Lipinski definition) is 4. The molecule has 1 N–H and O–H groups in total. The average Bonchev–Trinajstić information content (AvgIpc) is 2.87. The minimum atomic E-state index is -0.421. The van der Waals surface area contributed by atoms with Crippen LogP contribution in [0.1, 0.15) is 15.9 Å². The number of nitrogens with zero attached hydrogens (tertiary/aromatic N) is 1. The number of amides is 2. The molecule has 0 atom stereocenters. The predicted molar refractivity (Wildman–Crippen MR) is 105 cm³/mol. The minimum Gasteiger partial charge on any atom is -0.267 e. The van der Waals surface area contributed by atoms with Gasteiger partial charge >= 0.3 is 0 Å². The van der Waals surface area contributed by atoms with E-state index in [1.54, 1.807) is 54.6 Å². The van der Waals surface area contributed by atoms with Gasteiger partial charge in [-0.25, -0.2) is 0 Å². The van der Waals surface area contributed by atoms with E-state index in [1.165, 1.54) is 0 Å². The van der Waals surface area contributed by atoms with Crippen LogP contribution in [0.5, 0.6) is 0 Å². The molecule has 126 valence electrons. The molecule has 0 spiro atoms. The first-order valence-electron chi connectivity index (χ1n) is 7.05. The maximum absolute atomic E-state index is 12.5. The van der Waals surface area contributed by atoms with Crippen LogP contribution in [0.3, 0.4) is 0 Å². The number of hydrogen-bond donors (Lipinski definition) is 1. The van der Waals surface area contributed by atoms with E-state index >= 15 is 0 Å². The van der Waals surface area contributed by atoms with Crippen LogP contribution in [0.15, 0.2) is 53.4 Å². The van der Waals surface area contributed by atoms with Crippen LogP contribution in [0, 0.1) is 0 Å². The number of carbonyl (C=O) groups is 2. The lowest BCUT2D eigenvalue weighted by molar-refractivity contribution is -0.123. The number of carbonyl (C=O) groups excluding carboxylic acids is 2. The summed E-state index contributed by atoms with van der Waals surface area (Å²) in [6.07, 6.45) is 1.60. The molecule has 2 amide bonds. The summed E-state index contributed by atoms with van der Waals surface area (Å²) in [6.45, 7) is 0. The molecule has 0 bridgehead atoms. The number of halogens is 2. The normalized spacial score (nSPS) is 15.8. The highest BCUT2D eigenvalue weighted by Crippen LogP contribution is 2.34. The lowest BCUT2D eigenvalue weighted by Crippen LogP contribution is -2.44. The van der Waals surface area contributed by atoms with E-state index in [0.717, 1.165) is 16.8 Å². The zero-order valence-electron chi connectivity index (χ0n) is 12.5. The topological polar surface area (TPSA) is 49.4 Å². The van der Waals surface area contributed by atoms with Gasteiger partial charge in [-0.15, -0.1) is 0 Å². The lowest BCUT2D eigenvalue weighted by atomic mass is 10.2. The minimum absolute atomic E-state index is 0.235. The quantitative estimate of drug-likeness (QED) is 0.598. The third kappa shape index (κ3) is 3.88. The van der Waals surface area contributed by atoms with Crippen molar-refractivity contribution in [2.75, 3.05) is 0 Å². The average molecular weight is 409 g/mol. The van der Waals surface area contributed by atoms with Crippen molar-refractivity contribution >= 4 is 69.4 Å². The highest BCUT2D eigenvalue weighted by Gasteiger charge is 2.33. The van der Waals surface area contributed by atoms with Gasteiger partial charge in [0.1, 0.15) is 0 Å². The van der Waals surface area contributed by atoms with E-state index in [2.05, 4.69) is 5.43 Å². The Balaban J connectivity index is 1.82. The van der Waals surface area contributed by atoms with Gasteiger partial charge in [0.2, 0.25) is 0 Å². The second-order valence-electron chi connectivity index (χ2n) is 4.97. The Morgan fingerprint density at radius 3 is 2.56 bits per heavy atom. The standard InChI is InChI=1S/C17H10Cl2N2O2S2/c18-12-8-4-7-11(14(12)19)9-13-16(23)21(17(24)25-13)20-15(22)10-5-2-1-3-6-10/h1-9H,(H,20,22)/b13-9+. The van der Waals surface area contributed by atoms with Crippen molar-refractivity contribution in [2.24, 2.45) is 0 Å². The van der Waals surface area contributed by atoms with E-state index in [9.17, 15) is 9.59 Å². The number of thiocarbonyl (C=S) groups is 1. The molecule has 0 saturated carbocycles. The fraction of sp³-hybridized carbons (Fsp3) is 0. The van der Waals surface area contributed by atoms with Crippen LogP contribution < -0.4 is 5.43 Å². The van der Waals surface area contributed by atoms with Gasteiger partial charge in [-0.3, -0.25) is 15.0 Å². The first kappa shape index (κ1) is 17.9. The van der Waals surface area contributed by atoms with Gasteiger partial charge in [-0.1, -0.05) is 65.3 Å². The van der Waals surface area contributed by atoms with Crippen molar-refractivity contribution in [3.05, 3.63) is 74.6 Å². The highest BCUT2D eigenvalue weighted by atomic mass is 35.5. The largest absolute Gasteiger partial charge is 0.285 e. The SMILES string of the molecule is O=C(NN1C(=O)/C(=C\c2cccc(Cl)c2Cl)SC1=S)c1ccccc1. The van der Waals surface area contributed by atoms with Gasteiger partial charge in [0, 0.05) is 5.56 Å². The second-order valence-corrected chi connectivity index (χ2v) is 7.43. The molecular formula is C17H10Cl2N2O2S2. The molecule has 0 radical (unpaired) electrons. The van der Waals surface area contributed by atoms with Gasteiger partial charge in [-0.05, 0) is 42.1 Å². The Morgan fingerprint density at radius 1 is 1.12 bits per heavy atom. The molecule has 1 aliphatic heterocycles. The molecule has 4 nitrogen and oxygen atoms in total. The van der Waals surface area contributed by atoms with Crippen LogP contribution >= 0.6 is 47.2 Å². The van der Waals surface area contributed by atoms with Crippen LogP contribution in [0.25, 0.3) is 6.08 Å². The van der Waals surface area contributed by atoms with Gasteiger partial charge < -0.3 is 0 Å². The molecule has 3 rings (SSSR count). The first-order valence-corrected chi connectivity index (χ1v) is 9.03. The van der Waals surface area contributed by atoms with Crippen LogP contribution in [-0.4, -0.2) is 21.1 Å². The number of thioether (sulfide) groups is 1. The molecular weight excluding hydrogens is 399 g/mol. The van der Waals surface area contributed by atoms with Gasteiger partial charge in [0.25, 0.3) is 11.8 Å². The number of benzene rings is 2. The summed E-state index contributed by atoms with van der Waals surface area (Å²) in [6, 6.07) is 13.7. The Kier molecular flexibility index (Phi) is 5.44. The molecule has 1 aliphatic rings. The van der Waals surface area contributed by atoms with Crippen LogP contribution in [-0.2, 0) is 4.79 Å². The van der Waals surface area contributed by atoms with Crippen molar-refractivity contribution < 1.29 is 9.59 Å². The summed E-state index contributed by atoms with van der Waals surface area (Å²) in [5.41, 5.74) is 3.55. The maximum atomic E-state index is 12.5. The molecule has 1 heterocycles. The Hall–Kier alpha value is -1.86. The summed E-state index contributed by atoms with van der Waals surface area (Å²) in [5.74, 6) is -0.839. The van der Waals surface area contributed by atoms with E-state index in [4.69, 9.17) is 35.4 Å². The number of rotatable bonds is 3. The first-order chi connectivity index (χ1) is 12.0.